The molecule has 0 unspecified atom stereocenters. The third-order valence-electron chi connectivity index (χ3n) is 2.91. The number of hydrogen-bond donors (Lipinski definition) is 2. The highest BCUT2D eigenvalue weighted by molar-refractivity contribution is 5.99. The largest absolute Gasteiger partial charge is 0.398 e. The summed E-state index contributed by atoms with van der Waals surface area (Å²) in [5.41, 5.74) is 7.37. The van der Waals surface area contributed by atoms with Gasteiger partial charge >= 0.3 is 0 Å². The molecule has 20 heavy (non-hydrogen) atoms. The first-order valence-electron chi connectivity index (χ1n) is 6.05. The molecular formula is C15H14F2N2O. The smallest absolute Gasteiger partial charge is 0.253 e. The van der Waals surface area contributed by atoms with Crippen LogP contribution in [0.15, 0.2) is 36.4 Å². The fourth-order valence-electron chi connectivity index (χ4n) is 1.74. The zero-order valence-electron chi connectivity index (χ0n) is 10.9. The molecule has 0 fully saturated rings. The molecular weight excluding hydrogens is 262 g/mol. The first-order chi connectivity index (χ1) is 9.47. The van der Waals surface area contributed by atoms with Crippen molar-refractivity contribution < 1.29 is 13.6 Å². The lowest BCUT2D eigenvalue weighted by atomic mass is 10.1. The maximum Gasteiger partial charge on any atom is 0.253 e. The van der Waals surface area contributed by atoms with Gasteiger partial charge in [-0.3, -0.25) is 4.79 Å². The highest BCUT2D eigenvalue weighted by atomic mass is 19.2. The molecule has 0 heterocycles. The number of carbonyl (C=O) groups excluding carboxylic acids is 1. The van der Waals surface area contributed by atoms with Crippen molar-refractivity contribution in [3.8, 4) is 0 Å². The van der Waals surface area contributed by atoms with Gasteiger partial charge in [0.2, 0.25) is 0 Å². The van der Waals surface area contributed by atoms with Crippen LogP contribution in [0.4, 0.5) is 14.5 Å². The minimum absolute atomic E-state index is 0.0731. The Bertz CT molecular complexity index is 639. The third kappa shape index (κ3) is 3.12. The van der Waals surface area contributed by atoms with Crippen molar-refractivity contribution in [1.82, 2.24) is 5.32 Å². The number of amides is 1. The lowest BCUT2D eigenvalue weighted by Crippen LogP contribution is -2.24. The van der Waals surface area contributed by atoms with Gasteiger partial charge in [0, 0.05) is 18.3 Å². The average Bonchev–Trinajstić information content (AvgIpc) is 2.42. The summed E-state index contributed by atoms with van der Waals surface area (Å²) < 4.78 is 26.0. The van der Waals surface area contributed by atoms with Crippen LogP contribution < -0.4 is 11.1 Å². The summed E-state index contributed by atoms with van der Waals surface area (Å²) in [7, 11) is 0. The maximum atomic E-state index is 13.1. The second-order valence-corrected chi connectivity index (χ2v) is 4.52. The summed E-state index contributed by atoms with van der Waals surface area (Å²) in [5.74, 6) is -2.71. The Labute approximate surface area is 115 Å². The number of aryl methyl sites for hydroxylation is 1. The van der Waals surface area contributed by atoms with Crippen molar-refractivity contribution >= 4 is 11.6 Å². The predicted octanol–water partition coefficient (Wildman–Crippen LogP) is 2.79. The van der Waals surface area contributed by atoms with Crippen LogP contribution in [0.5, 0.6) is 0 Å². The normalized spacial score (nSPS) is 10.3. The van der Waals surface area contributed by atoms with Gasteiger partial charge in [-0.05, 0) is 18.6 Å². The summed E-state index contributed by atoms with van der Waals surface area (Å²) in [6.07, 6.45) is 0. The van der Waals surface area contributed by atoms with E-state index in [2.05, 4.69) is 5.32 Å². The SMILES string of the molecule is Cc1ccc(CNC(=O)c2cc(F)c(F)cc2N)cc1. The second kappa shape index (κ2) is 5.69. The van der Waals surface area contributed by atoms with Gasteiger partial charge in [0.25, 0.3) is 5.91 Å². The molecule has 0 aliphatic carbocycles. The van der Waals surface area contributed by atoms with E-state index in [1.807, 2.05) is 31.2 Å². The summed E-state index contributed by atoms with van der Waals surface area (Å²) in [6.45, 7) is 2.25. The van der Waals surface area contributed by atoms with Gasteiger partial charge in [-0.1, -0.05) is 29.8 Å². The number of nitrogens with one attached hydrogen (secondary N) is 1. The number of rotatable bonds is 3. The van der Waals surface area contributed by atoms with Crippen LogP contribution in [0.3, 0.4) is 0 Å². The molecule has 2 rings (SSSR count). The van der Waals surface area contributed by atoms with Crippen LogP contribution in [0.25, 0.3) is 0 Å². The molecule has 0 saturated carbocycles. The van der Waals surface area contributed by atoms with E-state index in [1.165, 1.54) is 0 Å². The first kappa shape index (κ1) is 14.0. The number of nitrogen functional groups attached to an aromatic ring is 1. The molecule has 0 atom stereocenters. The molecule has 3 nitrogen and oxygen atoms in total. The number of anilines is 1. The highest BCUT2D eigenvalue weighted by Gasteiger charge is 2.14. The monoisotopic (exact) mass is 276 g/mol. The Kier molecular flexibility index (Phi) is 3.98. The number of benzene rings is 2. The molecule has 0 spiro atoms. The van der Waals surface area contributed by atoms with E-state index in [9.17, 15) is 13.6 Å². The van der Waals surface area contributed by atoms with E-state index >= 15 is 0 Å². The van der Waals surface area contributed by atoms with Gasteiger partial charge in [0.1, 0.15) is 0 Å². The molecule has 2 aromatic rings. The summed E-state index contributed by atoms with van der Waals surface area (Å²) in [4.78, 5) is 11.9. The quantitative estimate of drug-likeness (QED) is 0.847. The Morgan fingerprint density at radius 3 is 2.40 bits per heavy atom. The van der Waals surface area contributed by atoms with Crippen molar-refractivity contribution in [2.24, 2.45) is 0 Å². The first-order valence-corrected chi connectivity index (χ1v) is 6.05. The van der Waals surface area contributed by atoms with Crippen molar-refractivity contribution in [2.75, 3.05) is 5.73 Å². The fraction of sp³-hybridized carbons (Fsp3) is 0.133. The van der Waals surface area contributed by atoms with Gasteiger partial charge in [-0.25, -0.2) is 8.78 Å². The topological polar surface area (TPSA) is 55.1 Å². The Morgan fingerprint density at radius 1 is 1.15 bits per heavy atom. The van der Waals surface area contributed by atoms with Gasteiger partial charge in [-0.2, -0.15) is 0 Å². The lowest BCUT2D eigenvalue weighted by Gasteiger charge is -2.08. The minimum atomic E-state index is -1.10. The predicted molar refractivity (Wildman–Crippen MR) is 73.1 cm³/mol. The summed E-state index contributed by atoms with van der Waals surface area (Å²) in [6, 6.07) is 9.21. The maximum absolute atomic E-state index is 13.1. The van der Waals surface area contributed by atoms with Gasteiger partial charge in [0.05, 0.1) is 5.56 Å². The molecule has 1 amide bonds. The third-order valence-corrected chi connectivity index (χ3v) is 2.91. The number of carbonyl (C=O) groups is 1. The number of hydrogen-bond acceptors (Lipinski definition) is 2. The second-order valence-electron chi connectivity index (χ2n) is 4.52. The molecule has 5 heteroatoms. The Balaban J connectivity index is 2.09. The van der Waals surface area contributed by atoms with E-state index in [0.29, 0.717) is 0 Å². The molecule has 104 valence electrons. The molecule has 0 radical (unpaired) electrons. The van der Waals surface area contributed by atoms with Crippen LogP contribution in [0.1, 0.15) is 21.5 Å². The molecule has 0 bridgehead atoms. The van der Waals surface area contributed by atoms with Crippen LogP contribution in [-0.2, 0) is 6.54 Å². The van der Waals surface area contributed by atoms with Gasteiger partial charge in [0.15, 0.2) is 11.6 Å². The van der Waals surface area contributed by atoms with Crippen LogP contribution in [-0.4, -0.2) is 5.91 Å². The van der Waals surface area contributed by atoms with E-state index in [4.69, 9.17) is 5.73 Å². The molecule has 0 aliphatic rings. The summed E-state index contributed by atoms with van der Waals surface area (Å²) >= 11 is 0. The van der Waals surface area contributed by atoms with Crippen molar-refractivity contribution in [2.45, 2.75) is 13.5 Å². The van der Waals surface area contributed by atoms with E-state index in [0.717, 1.165) is 23.3 Å². The Hall–Kier alpha value is -2.43. The molecule has 0 aromatic heterocycles. The lowest BCUT2D eigenvalue weighted by molar-refractivity contribution is 0.0951. The molecule has 0 aliphatic heterocycles. The van der Waals surface area contributed by atoms with Crippen molar-refractivity contribution in [1.29, 1.82) is 0 Å². The van der Waals surface area contributed by atoms with E-state index < -0.39 is 17.5 Å². The molecule has 3 N–H and O–H groups in total. The highest BCUT2D eigenvalue weighted by Crippen LogP contribution is 2.17. The van der Waals surface area contributed by atoms with E-state index in [-0.39, 0.29) is 17.8 Å². The van der Waals surface area contributed by atoms with Gasteiger partial charge < -0.3 is 11.1 Å². The van der Waals surface area contributed by atoms with Crippen molar-refractivity contribution in [3.63, 3.8) is 0 Å². The van der Waals surface area contributed by atoms with Gasteiger partial charge in [-0.15, -0.1) is 0 Å². The number of halogens is 2. The Morgan fingerprint density at radius 2 is 1.75 bits per heavy atom. The van der Waals surface area contributed by atoms with Crippen LogP contribution in [0, 0.1) is 18.6 Å². The standard InChI is InChI=1S/C15H14F2N2O/c1-9-2-4-10(5-3-9)8-19-15(20)11-6-12(16)13(17)7-14(11)18/h2-7H,8,18H2,1H3,(H,19,20). The fourth-order valence-corrected chi connectivity index (χ4v) is 1.74. The van der Waals surface area contributed by atoms with E-state index in [1.54, 1.807) is 0 Å². The zero-order valence-corrected chi connectivity index (χ0v) is 10.9. The van der Waals surface area contributed by atoms with Crippen LogP contribution >= 0.6 is 0 Å². The molecule has 2 aromatic carbocycles. The zero-order chi connectivity index (χ0) is 14.7. The van der Waals surface area contributed by atoms with Crippen molar-refractivity contribution in [3.05, 3.63) is 64.7 Å². The molecule has 0 saturated heterocycles. The number of nitrogens with two attached hydrogens (primary N) is 1. The summed E-state index contributed by atoms with van der Waals surface area (Å²) in [5, 5.41) is 2.61. The van der Waals surface area contributed by atoms with Crippen LogP contribution in [0.2, 0.25) is 0 Å². The average molecular weight is 276 g/mol. The minimum Gasteiger partial charge on any atom is -0.398 e.